The zero-order valence-electron chi connectivity index (χ0n) is 34.8. The summed E-state index contributed by atoms with van der Waals surface area (Å²) in [5.41, 5.74) is -1.04. The standard InChI is InChI=1S/C13H18F2O3.C11H16F2O4.C8H8O3.C7H6O3.4CH3/c14-13(15,11(17)18)10(16)12-4-7-1-8(5-12)3-9(2-7)6-12;1-10(5-2-3-6-10)17-8(14)4-7-11(12,13)9(15)16;1-5-2-3-6(8(10)11)7(9)4-5;8-6-4-2-1-3-5(6)7(9)10;;;;/h7-10,16H,1-6H2,(H,17,18);2-7H2,1H3,(H,15,16);2-4,9H,1H3,(H,10,11);1-4,8H,(H,9,10);4*1H3/q;;;;4*+1/p-4. The third kappa shape index (κ3) is 14.7. The van der Waals surface area contributed by atoms with Crippen molar-refractivity contribution in [2.24, 2.45) is 23.2 Å². The van der Waals surface area contributed by atoms with E-state index < -0.39 is 83.2 Å². The third-order valence-corrected chi connectivity index (χ3v) is 10.7. The Labute approximate surface area is 349 Å². The molecule has 5 aliphatic rings. The smallest absolute Gasteiger partial charge is 0.335 e. The Kier molecular flexibility index (Phi) is 21.5. The number of aliphatic hydroxyl groups excluding tert-OH is 1. The Morgan fingerprint density at radius 1 is 0.767 bits per heavy atom. The van der Waals surface area contributed by atoms with Crippen LogP contribution in [0.2, 0.25) is 0 Å². The van der Waals surface area contributed by atoms with Gasteiger partial charge in [0.05, 0.1) is 17.5 Å². The van der Waals surface area contributed by atoms with E-state index in [2.05, 4.69) is 0 Å². The van der Waals surface area contributed by atoms with Gasteiger partial charge in [-0.2, -0.15) is 17.6 Å². The van der Waals surface area contributed by atoms with E-state index >= 15 is 0 Å². The van der Waals surface area contributed by atoms with Crippen LogP contribution >= 0.6 is 0 Å². The Morgan fingerprint density at radius 3 is 1.60 bits per heavy atom. The van der Waals surface area contributed by atoms with Crippen molar-refractivity contribution in [3.8, 4) is 11.5 Å². The normalized spacial score (nSPS) is 21.9. The second-order valence-electron chi connectivity index (χ2n) is 15.3. The van der Waals surface area contributed by atoms with Crippen LogP contribution in [0.5, 0.6) is 11.5 Å². The molecule has 0 heterocycles. The number of aliphatic carboxylic acids is 2. The minimum absolute atomic E-state index is 0. The van der Waals surface area contributed by atoms with Crippen molar-refractivity contribution in [3.63, 3.8) is 0 Å². The van der Waals surface area contributed by atoms with E-state index in [1.165, 1.54) is 36.4 Å². The van der Waals surface area contributed by atoms with Crippen LogP contribution in [0.15, 0.2) is 42.5 Å². The van der Waals surface area contributed by atoms with Gasteiger partial charge in [0.2, 0.25) is 0 Å². The first-order valence-corrected chi connectivity index (χ1v) is 18.0. The lowest BCUT2D eigenvalue weighted by Gasteiger charge is -2.59. The van der Waals surface area contributed by atoms with Gasteiger partial charge in [-0.05, 0) is 108 Å². The molecule has 0 amide bonds. The van der Waals surface area contributed by atoms with Gasteiger partial charge in [0.25, 0.3) is 5.92 Å². The van der Waals surface area contributed by atoms with Crippen LogP contribution in [0.1, 0.15) is 110 Å². The molecule has 60 heavy (non-hydrogen) atoms. The maximum absolute atomic E-state index is 13.5. The minimum Gasteiger partial charge on any atom is -0.872 e. The number of alkyl halides is 4. The summed E-state index contributed by atoms with van der Waals surface area (Å²) in [5, 5.41) is 68.9. The average Bonchev–Trinajstić information content (AvgIpc) is 3.52. The van der Waals surface area contributed by atoms with Gasteiger partial charge in [-0.25, -0.2) is 9.59 Å². The zero-order chi connectivity index (χ0) is 42.2. The van der Waals surface area contributed by atoms with Crippen LogP contribution in [0.25, 0.3) is 0 Å². The molecule has 0 aromatic heterocycles. The number of carbonyl (C=O) groups excluding carboxylic acids is 3. The molecule has 13 nitrogen and oxygen atoms in total. The van der Waals surface area contributed by atoms with Crippen molar-refractivity contribution in [1.82, 2.24) is 0 Å². The molecule has 1 unspecified atom stereocenters. The summed E-state index contributed by atoms with van der Waals surface area (Å²) in [6, 6.07) is 9.77. The van der Waals surface area contributed by atoms with Crippen molar-refractivity contribution >= 4 is 29.8 Å². The summed E-state index contributed by atoms with van der Waals surface area (Å²) < 4.78 is 57.5. The fourth-order valence-corrected chi connectivity index (χ4v) is 8.37. The molecular formula is C43H56F4O13. The fraction of sp³-hybridized carbons (Fsp3) is 0.512. The molecular weight excluding hydrogens is 800 g/mol. The Morgan fingerprint density at radius 2 is 1.22 bits per heavy atom. The van der Waals surface area contributed by atoms with Crippen molar-refractivity contribution in [1.29, 1.82) is 0 Å². The minimum atomic E-state index is -4.13. The molecule has 5 aliphatic carbocycles. The molecule has 2 aromatic carbocycles. The van der Waals surface area contributed by atoms with Gasteiger partial charge in [-0.3, -0.25) is 4.79 Å². The Hall–Kier alpha value is -5.45. The lowest BCUT2D eigenvalue weighted by molar-refractivity contribution is -0.342. The van der Waals surface area contributed by atoms with Gasteiger partial charge in [0.1, 0.15) is 23.6 Å². The number of halogens is 4. The SMILES string of the molecule is CC1(OC(=O)CCC(F)(F)C(=O)[O-])CCCC1.Cc1ccc(C(=O)O)c([O-])c1.O=C(O)c1ccccc1[O-].O=C([O-])C(F)(F)C(O)C12CC3CC(CC(C3)C1)C2.[CH3+].[CH3+].[CH3+].[CH3+]. The van der Waals surface area contributed by atoms with Crippen LogP contribution in [0, 0.1) is 59.8 Å². The highest BCUT2D eigenvalue weighted by Gasteiger charge is 2.60. The van der Waals surface area contributed by atoms with E-state index in [1.54, 1.807) is 19.9 Å². The molecule has 1 atom stereocenters. The van der Waals surface area contributed by atoms with Crippen LogP contribution in [-0.4, -0.2) is 68.7 Å². The van der Waals surface area contributed by atoms with E-state index in [1.807, 2.05) is 0 Å². The number of hydrogen-bond acceptors (Lipinski definition) is 11. The topological polar surface area (TPSA) is 248 Å². The predicted octanol–water partition coefficient (Wildman–Crippen LogP) is 5.00. The molecule has 2 aromatic rings. The number of carboxylic acids is 4. The number of ether oxygens (including phenoxy) is 1. The molecule has 0 spiro atoms. The van der Waals surface area contributed by atoms with Crippen molar-refractivity contribution in [2.45, 2.75) is 114 Å². The van der Waals surface area contributed by atoms with Crippen molar-refractivity contribution in [3.05, 3.63) is 88.9 Å². The summed E-state index contributed by atoms with van der Waals surface area (Å²) in [4.78, 5) is 52.4. The molecule has 334 valence electrons. The highest BCUT2D eigenvalue weighted by Crippen LogP contribution is 2.62. The molecule has 5 saturated carbocycles. The maximum atomic E-state index is 13.5. The second kappa shape index (κ2) is 22.8. The molecule has 5 fully saturated rings. The predicted molar refractivity (Wildman–Crippen MR) is 205 cm³/mol. The highest BCUT2D eigenvalue weighted by molar-refractivity contribution is 5.91. The molecule has 17 heteroatoms. The molecule has 3 N–H and O–H groups in total. The van der Waals surface area contributed by atoms with Gasteiger partial charge in [0.15, 0.2) is 0 Å². The number of aliphatic hydroxyl groups is 1. The van der Waals surface area contributed by atoms with Crippen LogP contribution in [-0.2, 0) is 19.1 Å². The average molecular weight is 857 g/mol. The summed E-state index contributed by atoms with van der Waals surface area (Å²) >= 11 is 0. The summed E-state index contributed by atoms with van der Waals surface area (Å²) in [6.07, 6.45) is 4.34. The van der Waals surface area contributed by atoms with E-state index in [9.17, 15) is 67.1 Å². The number of aryl methyl sites for hydroxylation is 1. The quantitative estimate of drug-likeness (QED) is 0.162. The number of carboxylic acid groups (broad SMARTS) is 4. The maximum Gasteiger partial charge on any atom is 0.335 e. The van der Waals surface area contributed by atoms with Gasteiger partial charge in [-0.1, -0.05) is 47.4 Å². The third-order valence-electron chi connectivity index (χ3n) is 10.7. The van der Waals surface area contributed by atoms with E-state index in [4.69, 9.17) is 14.9 Å². The Balaban J connectivity index is 0. The van der Waals surface area contributed by atoms with Gasteiger partial charge < -0.3 is 50.1 Å². The molecule has 0 radical (unpaired) electrons. The summed E-state index contributed by atoms with van der Waals surface area (Å²) in [7, 11) is 0. The van der Waals surface area contributed by atoms with Crippen LogP contribution < -0.4 is 20.4 Å². The summed E-state index contributed by atoms with van der Waals surface area (Å²) in [6.45, 7) is 3.50. The monoisotopic (exact) mass is 856 g/mol. The first-order valence-electron chi connectivity index (χ1n) is 18.0. The number of para-hydroxylation sites is 1. The first-order chi connectivity index (χ1) is 25.9. The molecule has 0 saturated heterocycles. The second-order valence-corrected chi connectivity index (χ2v) is 15.3. The van der Waals surface area contributed by atoms with Gasteiger partial charge >= 0.3 is 23.8 Å². The zero-order valence-corrected chi connectivity index (χ0v) is 34.8. The number of carbonyl (C=O) groups is 5. The molecule has 7 rings (SSSR count). The number of hydrogen-bond donors (Lipinski definition) is 3. The molecule has 4 bridgehead atoms. The van der Waals surface area contributed by atoms with Crippen molar-refractivity contribution in [2.75, 3.05) is 0 Å². The lowest BCUT2D eigenvalue weighted by Crippen LogP contribution is -2.61. The van der Waals surface area contributed by atoms with Crippen molar-refractivity contribution < 1.29 is 82.0 Å². The van der Waals surface area contributed by atoms with Crippen LogP contribution in [0.3, 0.4) is 0 Å². The largest absolute Gasteiger partial charge is 0.872 e. The van der Waals surface area contributed by atoms with Gasteiger partial charge in [0, 0.05) is 41.5 Å². The van der Waals surface area contributed by atoms with E-state index in [-0.39, 0.29) is 40.8 Å². The number of benzene rings is 2. The van der Waals surface area contributed by atoms with E-state index in [0.717, 1.165) is 50.5 Å². The highest BCUT2D eigenvalue weighted by atomic mass is 19.3. The van der Waals surface area contributed by atoms with Crippen LogP contribution in [0.4, 0.5) is 17.6 Å². The Bertz CT molecular complexity index is 1710. The lowest BCUT2D eigenvalue weighted by atomic mass is 9.47. The number of rotatable bonds is 10. The number of aromatic carboxylic acids is 2. The first kappa shape index (κ1) is 56.6. The molecule has 0 aliphatic heterocycles. The van der Waals surface area contributed by atoms with Gasteiger partial charge in [-0.15, -0.1) is 0 Å². The van der Waals surface area contributed by atoms with E-state index in [0.29, 0.717) is 37.0 Å². The summed E-state index contributed by atoms with van der Waals surface area (Å²) in [5.74, 6) is -15.9. The fourth-order valence-electron chi connectivity index (χ4n) is 8.37. The number of esters is 1.